The van der Waals surface area contributed by atoms with Crippen LogP contribution in [-0.2, 0) is 0 Å². The lowest BCUT2D eigenvalue weighted by atomic mass is 10.1. The number of nitrogens with two attached hydrogens (primary N) is 2. The number of carbonyl (C=O) groups excluding carboxylic acids is 5. The van der Waals surface area contributed by atoms with E-state index in [1.807, 2.05) is 0 Å². The molecule has 0 unspecified atom stereocenters. The SMILES string of the molecule is CCCCCOc1ccc(C(=O)Nc2ccc(OC)cc2C(=O)Nc2ccccn2)cc1.CCCCCOc1ccc(C(=O)O)cc1.COc1ccc(N)c(C(=O)Nc2ccccn2)c1.COc1ccc(NC(=O)c2ccc(OCCCCN)cc2)c(C(=O)Nc2ccccn2)c1.Cl.[2HH].[2H][2H].[2H][2H].[2H][2H].[2H][2H].[2H][2H].[2H][2H].[2H][2H].[2H][2H].[2H][2H].[2H][2H].[2H][2H].[2H][2H].[2H][2H].[2H][2H].[2H][2H].[2H][2H].[2H][2H].[2H][2H].[2H][2H]. The van der Waals surface area contributed by atoms with Gasteiger partial charge >= 0.3 is 5.97 Å². The minimum absolute atomic E-state index is 0. The van der Waals surface area contributed by atoms with Crippen LogP contribution < -0.4 is 66.5 Å². The van der Waals surface area contributed by atoms with Gasteiger partial charge in [-0.1, -0.05) is 57.7 Å². The number of aromatic nitrogens is 3. The molecule has 5 amide bonds. The van der Waals surface area contributed by atoms with Crippen molar-refractivity contribution in [2.45, 2.75) is 65.2 Å². The van der Waals surface area contributed by atoms with Crippen LogP contribution >= 0.6 is 12.4 Å². The lowest BCUT2D eigenvalue weighted by Crippen LogP contribution is -2.18. The number of hydrogen-bond acceptors (Lipinski definition) is 17. The van der Waals surface area contributed by atoms with Crippen LogP contribution in [0.25, 0.3) is 0 Å². The molecule has 6 aromatic carbocycles. The summed E-state index contributed by atoms with van der Waals surface area (Å²) in [5.41, 5.74) is 14.4. The van der Waals surface area contributed by atoms with Gasteiger partial charge in [-0.15, -0.1) is 12.4 Å². The van der Waals surface area contributed by atoms with E-state index in [1.165, 1.54) is 27.8 Å². The third-order valence-corrected chi connectivity index (χ3v) is 13.9. The van der Waals surface area contributed by atoms with Crippen LogP contribution in [-0.4, -0.2) is 103 Å². The Labute approximate surface area is 636 Å². The highest BCUT2D eigenvalue weighted by molar-refractivity contribution is 6.14. The maximum Gasteiger partial charge on any atom is 0.335 e. The number of benzene rings is 6. The highest BCUT2D eigenvalue weighted by atomic mass is 35.5. The van der Waals surface area contributed by atoms with Crippen molar-refractivity contribution in [3.8, 4) is 34.5 Å². The van der Waals surface area contributed by atoms with Crippen molar-refractivity contribution < 1.29 is 120 Å². The largest absolute Gasteiger partial charge is 0.497 e. The van der Waals surface area contributed by atoms with Crippen molar-refractivity contribution in [3.05, 3.63) is 234 Å². The predicted octanol–water partition coefficient (Wildman–Crippen LogP) is 19.1. The lowest BCUT2D eigenvalue weighted by molar-refractivity contribution is 0.0695. The van der Waals surface area contributed by atoms with E-state index in [2.05, 4.69) is 55.4 Å². The summed E-state index contributed by atoms with van der Waals surface area (Å²) in [7, 11) is 4.56. The maximum absolute atomic E-state index is 12.8. The molecule has 0 spiro atoms. The third-order valence-electron chi connectivity index (χ3n) is 13.9. The molecule has 98 heavy (non-hydrogen) atoms. The first-order valence-corrected chi connectivity index (χ1v) is 31.4. The molecule has 0 saturated carbocycles. The Morgan fingerprint density at radius 1 is 0.408 bits per heavy atom. The number of ether oxygens (including phenoxy) is 6. The minimum atomic E-state index is -0.910. The summed E-state index contributed by atoms with van der Waals surface area (Å²) in [4.78, 5) is 86.0. The van der Waals surface area contributed by atoms with E-state index in [1.54, 1.807) is 201 Å². The maximum atomic E-state index is 12.8. The monoisotopic (exact) mass is 1430 g/mol. The van der Waals surface area contributed by atoms with Crippen LogP contribution in [0.15, 0.2) is 201 Å². The number of carbonyl (C=O) groups is 6. The van der Waals surface area contributed by atoms with Crippen molar-refractivity contribution in [2.75, 3.05) is 80.0 Å². The first kappa shape index (κ1) is 52.7. The van der Waals surface area contributed by atoms with Gasteiger partial charge in [0.1, 0.15) is 52.0 Å². The molecular formula is C74H123ClN10O13. The second-order valence-electron chi connectivity index (χ2n) is 21.0. The highest BCUT2D eigenvalue weighted by Crippen LogP contribution is 2.27. The summed E-state index contributed by atoms with van der Waals surface area (Å²) < 4.78 is 222. The molecule has 10 N–H and O–H groups in total. The number of anilines is 6. The van der Waals surface area contributed by atoms with Crippen molar-refractivity contribution in [2.24, 2.45) is 5.73 Å². The standard InChI is InChI=1S/C25H27N3O4.C24H26N4O4.C13H13N3O2.C12H16O3.ClH.20H2/c1-3-4-7-16-32-19-11-9-18(10-12-19)24(29)27-22-14-13-20(31-2)17-21(22)25(30)28-23-8-5-6-15-26-23;1-31-19-11-12-21(20(16-19)24(30)28-22-6-2-4-14-26-22)27-23(29)17-7-9-18(10-8-17)32-15-5-3-13-25;1-18-9-5-6-11(14)10(8-9)13(17)16-12-4-2-3-7-15-12;1-2-3-4-9-15-11-7-5-10(6-8-11)12(13)14;;;;;;;;;;;;;;;;;;;;;/h5-6,8-15,17H,3-4,7,16H2,1-2H3,(H,27,29)(H,26,28,30);2,4,6-12,14,16H,3,5,13,15,25H2,1H3,(H,27,29)(H,26,28,30);2-8H,14H2,1H3,(H,15,16,17);5-8H,2-4,9H2,1H3,(H,13,14);21*1H/i;;;;;19*1+1D;1+1. The van der Waals surface area contributed by atoms with E-state index in [-0.39, 0.29) is 48.2 Å². The van der Waals surface area contributed by atoms with Crippen molar-refractivity contribution in [1.29, 1.82) is 0 Å². The molecule has 0 bridgehead atoms. The Hall–Kier alpha value is -11.6. The lowest BCUT2D eigenvalue weighted by Gasteiger charge is -2.13. The fraction of sp³-hybridized carbons (Fsp3) is 0.230. The number of rotatable bonds is 29. The summed E-state index contributed by atoms with van der Waals surface area (Å²) in [6.45, 7) is 6.84. The van der Waals surface area contributed by atoms with E-state index in [4.69, 9.17) is 101 Å². The van der Waals surface area contributed by atoms with E-state index in [0.29, 0.717) is 101 Å². The van der Waals surface area contributed by atoms with Crippen LogP contribution in [0.2, 0.25) is 0 Å². The normalized spacial score (nSPS) is 11.6. The number of halogens is 1. The third kappa shape index (κ3) is 26.3. The number of unbranched alkanes of at least 4 members (excludes halogenated alkanes) is 5. The number of nitrogens with zero attached hydrogens (tertiary/aromatic N) is 3. The van der Waals surface area contributed by atoms with Gasteiger partial charge in [-0.2, -0.15) is 0 Å². The van der Waals surface area contributed by atoms with Crippen LogP contribution in [0, 0.1) is 0 Å². The molecule has 9 aromatic rings. The van der Waals surface area contributed by atoms with Gasteiger partial charge in [0.2, 0.25) is 0 Å². The fourth-order valence-corrected chi connectivity index (χ4v) is 8.62. The average molecular weight is 1440 g/mol. The highest BCUT2D eigenvalue weighted by Gasteiger charge is 2.19. The molecule has 0 aliphatic rings. The molecule has 3 aromatic heterocycles. The van der Waals surface area contributed by atoms with E-state index >= 15 is 0 Å². The molecule has 0 aliphatic heterocycles. The van der Waals surface area contributed by atoms with Crippen molar-refractivity contribution >= 4 is 82.4 Å². The number of hydrogen-bond donors (Lipinski definition) is 8. The van der Waals surface area contributed by atoms with E-state index in [0.717, 1.165) is 56.4 Å². The van der Waals surface area contributed by atoms with Gasteiger partial charge in [-0.05, 0) is 196 Å². The minimum Gasteiger partial charge on any atom is -0.497 e. The molecule has 0 aliphatic carbocycles. The van der Waals surface area contributed by atoms with Gasteiger partial charge in [0.05, 0.1) is 74.8 Å². The summed E-state index contributed by atoms with van der Waals surface area (Å²) in [6, 6.07) is 50.6. The Morgan fingerprint density at radius 2 is 0.735 bits per heavy atom. The molecular weight excluding hydrogens is 1270 g/mol. The van der Waals surface area contributed by atoms with Gasteiger partial charge in [0.15, 0.2) is 0 Å². The van der Waals surface area contributed by atoms with E-state index in [9.17, 15) is 28.8 Å². The average Bonchev–Trinajstić information content (AvgIpc) is 0.825. The zero-order valence-electron chi connectivity index (χ0n) is 93.3. The van der Waals surface area contributed by atoms with Crippen molar-refractivity contribution in [1.82, 2.24) is 15.0 Å². The Morgan fingerprint density at radius 3 is 1.06 bits per heavy atom. The van der Waals surface area contributed by atoms with Crippen LogP contribution in [0.4, 0.5) is 34.5 Å². The topological polar surface area (TPSA) is 329 Å². The van der Waals surface area contributed by atoms with Crippen LogP contribution in [0.1, 0.15) is 185 Å². The zero-order valence-corrected chi connectivity index (χ0v) is 56.1. The molecule has 3 heterocycles. The van der Waals surface area contributed by atoms with Crippen LogP contribution in [0.3, 0.4) is 0 Å². The van der Waals surface area contributed by atoms with Crippen molar-refractivity contribution in [3.63, 3.8) is 0 Å². The van der Waals surface area contributed by atoms with Gasteiger partial charge < -0.3 is 71.6 Å². The number of pyridine rings is 3. The number of carboxylic acids is 1. The first-order chi connectivity index (χ1) is 66.1. The molecule has 9 rings (SSSR count). The summed E-state index contributed by atoms with van der Waals surface area (Å²) in [5, 5.41) is 22.4. The molecule has 0 fully saturated rings. The number of nitrogens with one attached hydrogen (secondary N) is 5. The van der Waals surface area contributed by atoms with Gasteiger partial charge in [0, 0.05) is 93.3 Å². The number of nitrogen functional groups attached to an aromatic ring is 1. The van der Waals surface area contributed by atoms with Crippen LogP contribution in [0.5, 0.6) is 34.5 Å². The first-order valence-electron chi connectivity index (χ1n) is 50.4. The Balaban J connectivity index is -0.0000000926. The van der Waals surface area contributed by atoms with E-state index < -0.39 is 17.8 Å². The number of methoxy groups -OCH3 is 3. The second-order valence-corrected chi connectivity index (χ2v) is 21.0. The quantitative estimate of drug-likeness (QED) is 0.0159. The van der Waals surface area contributed by atoms with Gasteiger partial charge in [0.25, 0.3) is 29.5 Å². The number of amides is 5. The van der Waals surface area contributed by atoms with Gasteiger partial charge in [-0.25, -0.2) is 19.7 Å². The molecule has 0 atom stereocenters. The fourth-order valence-electron chi connectivity index (χ4n) is 8.62. The Bertz CT molecular complexity index is 3860. The smallest absolute Gasteiger partial charge is 0.335 e. The second kappa shape index (κ2) is 42.7. The molecule has 23 nitrogen and oxygen atoms in total. The number of aromatic carboxylic acids is 1. The predicted molar refractivity (Wildman–Crippen MR) is 426 cm³/mol. The molecule has 554 valence electrons. The summed E-state index contributed by atoms with van der Waals surface area (Å²) >= 11 is 0. The summed E-state index contributed by atoms with van der Waals surface area (Å²) in [5.74, 6) is 2.25. The van der Waals surface area contributed by atoms with Gasteiger partial charge in [-0.3, -0.25) is 24.0 Å². The molecule has 0 radical (unpaired) electrons. The summed E-state index contributed by atoms with van der Waals surface area (Å²) in [6.07, 6.45) is 13.2. The molecule has 24 heteroatoms. The zero-order chi connectivity index (χ0) is 108. The number of carboxylic acid groups (broad SMARTS) is 1. The molecule has 0 saturated heterocycles. The Kier molecular flexibility index (Phi) is 23.0.